The average Bonchev–Trinajstić information content (AvgIpc) is 2.86. The molecule has 1 aromatic carbocycles. The molecule has 1 amide bonds. The third-order valence-corrected chi connectivity index (χ3v) is 3.82. The first kappa shape index (κ1) is 14.3. The summed E-state index contributed by atoms with van der Waals surface area (Å²) in [5.41, 5.74) is 1.49. The molecule has 1 saturated heterocycles. The van der Waals surface area contributed by atoms with Gasteiger partial charge in [0.1, 0.15) is 5.75 Å². The van der Waals surface area contributed by atoms with Crippen LogP contribution in [-0.4, -0.2) is 31.8 Å². The Morgan fingerprint density at radius 2 is 2.37 bits per heavy atom. The second-order valence-electron chi connectivity index (χ2n) is 4.51. The number of benzene rings is 1. The van der Waals surface area contributed by atoms with Gasteiger partial charge in [-0.15, -0.1) is 0 Å². The Bertz CT molecular complexity index is 470. The molecule has 5 heteroatoms. The van der Waals surface area contributed by atoms with Crippen LogP contribution in [0, 0.1) is 6.92 Å². The average molecular weight is 328 g/mol. The summed E-state index contributed by atoms with van der Waals surface area (Å²) in [7, 11) is 0. The van der Waals surface area contributed by atoms with E-state index in [1.54, 1.807) is 0 Å². The first-order valence-corrected chi connectivity index (χ1v) is 7.23. The number of nitrogens with one attached hydrogen (secondary N) is 1. The molecule has 1 aliphatic rings. The van der Waals surface area contributed by atoms with E-state index in [1.807, 2.05) is 26.0 Å². The number of carbonyl (C=O) groups is 1. The lowest BCUT2D eigenvalue weighted by molar-refractivity contribution is 0.0928. The maximum Gasteiger partial charge on any atom is 0.253 e. The highest BCUT2D eigenvalue weighted by atomic mass is 79.9. The van der Waals surface area contributed by atoms with Crippen LogP contribution in [0.25, 0.3) is 0 Å². The molecule has 1 atom stereocenters. The van der Waals surface area contributed by atoms with Gasteiger partial charge in [-0.3, -0.25) is 4.79 Å². The van der Waals surface area contributed by atoms with Crippen molar-refractivity contribution in [3.05, 3.63) is 27.7 Å². The Balaban J connectivity index is 2.21. The van der Waals surface area contributed by atoms with E-state index < -0.39 is 0 Å². The second-order valence-corrected chi connectivity index (χ2v) is 5.37. The summed E-state index contributed by atoms with van der Waals surface area (Å²) in [5.74, 6) is 0.667. The smallest absolute Gasteiger partial charge is 0.253 e. The van der Waals surface area contributed by atoms with Crippen molar-refractivity contribution in [2.45, 2.75) is 26.3 Å². The number of hydrogen-bond donors (Lipinski definition) is 1. The Hall–Kier alpha value is -1.07. The van der Waals surface area contributed by atoms with Crippen molar-refractivity contribution in [3.8, 4) is 5.75 Å². The maximum atomic E-state index is 12.3. The van der Waals surface area contributed by atoms with Gasteiger partial charge in [0, 0.05) is 16.6 Å². The lowest BCUT2D eigenvalue weighted by atomic mass is 10.1. The number of carbonyl (C=O) groups excluding carboxylic acids is 1. The van der Waals surface area contributed by atoms with Crippen LogP contribution in [0.5, 0.6) is 5.75 Å². The van der Waals surface area contributed by atoms with Gasteiger partial charge in [-0.2, -0.15) is 0 Å². The van der Waals surface area contributed by atoms with Crippen LogP contribution in [-0.2, 0) is 4.74 Å². The van der Waals surface area contributed by atoms with Gasteiger partial charge in [0.2, 0.25) is 0 Å². The molecule has 0 radical (unpaired) electrons. The van der Waals surface area contributed by atoms with E-state index in [4.69, 9.17) is 9.47 Å². The summed E-state index contributed by atoms with van der Waals surface area (Å²) >= 11 is 3.43. The molecular weight excluding hydrogens is 310 g/mol. The molecule has 0 aliphatic carbocycles. The molecule has 0 saturated carbocycles. The highest BCUT2D eigenvalue weighted by Crippen LogP contribution is 2.28. The van der Waals surface area contributed by atoms with Gasteiger partial charge in [0.05, 0.1) is 24.8 Å². The summed E-state index contributed by atoms with van der Waals surface area (Å²) in [6.45, 7) is 5.71. The van der Waals surface area contributed by atoms with E-state index in [0.29, 0.717) is 25.4 Å². The van der Waals surface area contributed by atoms with Crippen molar-refractivity contribution in [2.24, 2.45) is 0 Å². The standard InChI is InChI=1S/C14H18BrNO3/c1-3-19-12-5-4-11(15)13(9(12)2)14(17)16-10-6-7-18-8-10/h4-5,10H,3,6-8H2,1-2H3,(H,16,17). The molecule has 104 valence electrons. The molecule has 4 nitrogen and oxygen atoms in total. The first-order valence-electron chi connectivity index (χ1n) is 6.44. The van der Waals surface area contributed by atoms with Gasteiger partial charge in [0.25, 0.3) is 5.91 Å². The molecular formula is C14H18BrNO3. The number of hydrogen-bond acceptors (Lipinski definition) is 3. The van der Waals surface area contributed by atoms with Crippen molar-refractivity contribution < 1.29 is 14.3 Å². The van der Waals surface area contributed by atoms with Crippen molar-refractivity contribution in [3.63, 3.8) is 0 Å². The minimum Gasteiger partial charge on any atom is -0.494 e. The van der Waals surface area contributed by atoms with Crippen LogP contribution in [0.15, 0.2) is 16.6 Å². The third-order valence-electron chi connectivity index (χ3n) is 3.16. The third kappa shape index (κ3) is 3.28. The van der Waals surface area contributed by atoms with Gasteiger partial charge < -0.3 is 14.8 Å². The van der Waals surface area contributed by atoms with Crippen molar-refractivity contribution >= 4 is 21.8 Å². The van der Waals surface area contributed by atoms with Crippen LogP contribution < -0.4 is 10.1 Å². The van der Waals surface area contributed by atoms with Crippen molar-refractivity contribution in [1.82, 2.24) is 5.32 Å². The monoisotopic (exact) mass is 327 g/mol. The maximum absolute atomic E-state index is 12.3. The lowest BCUT2D eigenvalue weighted by Crippen LogP contribution is -2.35. The van der Waals surface area contributed by atoms with E-state index in [-0.39, 0.29) is 11.9 Å². The molecule has 1 unspecified atom stereocenters. The Labute approximate surface area is 121 Å². The van der Waals surface area contributed by atoms with E-state index in [0.717, 1.165) is 22.2 Å². The highest BCUT2D eigenvalue weighted by molar-refractivity contribution is 9.10. The number of rotatable bonds is 4. The van der Waals surface area contributed by atoms with Gasteiger partial charge in [0.15, 0.2) is 0 Å². The highest BCUT2D eigenvalue weighted by Gasteiger charge is 2.22. The van der Waals surface area contributed by atoms with Crippen LogP contribution in [0.4, 0.5) is 0 Å². The number of amides is 1. The fourth-order valence-corrected chi connectivity index (χ4v) is 2.77. The van der Waals surface area contributed by atoms with Crippen LogP contribution >= 0.6 is 15.9 Å². The van der Waals surface area contributed by atoms with Crippen LogP contribution in [0.3, 0.4) is 0 Å². The molecule has 1 heterocycles. The fourth-order valence-electron chi connectivity index (χ4n) is 2.16. The normalized spacial score (nSPS) is 18.4. The Kier molecular flexibility index (Phi) is 4.82. The minimum atomic E-state index is -0.0820. The second kappa shape index (κ2) is 6.39. The summed E-state index contributed by atoms with van der Waals surface area (Å²) in [5, 5.41) is 3.00. The predicted molar refractivity (Wildman–Crippen MR) is 76.7 cm³/mol. The van der Waals surface area contributed by atoms with E-state index in [2.05, 4.69) is 21.2 Å². The molecule has 1 N–H and O–H groups in total. The number of halogens is 1. The predicted octanol–water partition coefficient (Wildman–Crippen LogP) is 2.67. The summed E-state index contributed by atoms with van der Waals surface area (Å²) in [4.78, 5) is 12.3. The van der Waals surface area contributed by atoms with Gasteiger partial charge in [-0.05, 0) is 48.3 Å². The zero-order valence-electron chi connectivity index (χ0n) is 11.2. The SMILES string of the molecule is CCOc1ccc(Br)c(C(=O)NC2CCOC2)c1C. The van der Waals surface area contributed by atoms with Gasteiger partial charge in [-0.1, -0.05) is 0 Å². The molecule has 19 heavy (non-hydrogen) atoms. The molecule has 1 aliphatic heterocycles. The Morgan fingerprint density at radius 1 is 1.58 bits per heavy atom. The molecule has 0 spiro atoms. The quantitative estimate of drug-likeness (QED) is 0.924. The molecule has 0 aromatic heterocycles. The largest absolute Gasteiger partial charge is 0.494 e. The first-order chi connectivity index (χ1) is 9.13. The van der Waals surface area contributed by atoms with Gasteiger partial charge in [-0.25, -0.2) is 0 Å². The molecule has 1 aromatic rings. The summed E-state index contributed by atoms with van der Waals surface area (Å²) < 4.78 is 11.6. The molecule has 0 bridgehead atoms. The summed E-state index contributed by atoms with van der Waals surface area (Å²) in [6, 6.07) is 3.82. The summed E-state index contributed by atoms with van der Waals surface area (Å²) in [6.07, 6.45) is 0.869. The zero-order valence-corrected chi connectivity index (χ0v) is 12.7. The van der Waals surface area contributed by atoms with Crippen LogP contribution in [0.1, 0.15) is 29.3 Å². The van der Waals surface area contributed by atoms with E-state index >= 15 is 0 Å². The molecule has 2 rings (SSSR count). The number of ether oxygens (including phenoxy) is 2. The minimum absolute atomic E-state index is 0.0820. The van der Waals surface area contributed by atoms with Crippen molar-refractivity contribution in [2.75, 3.05) is 19.8 Å². The topological polar surface area (TPSA) is 47.6 Å². The van der Waals surface area contributed by atoms with Crippen molar-refractivity contribution in [1.29, 1.82) is 0 Å². The van der Waals surface area contributed by atoms with Crippen LogP contribution in [0.2, 0.25) is 0 Å². The molecule has 1 fully saturated rings. The zero-order chi connectivity index (χ0) is 13.8. The van der Waals surface area contributed by atoms with E-state index in [9.17, 15) is 4.79 Å². The fraction of sp³-hybridized carbons (Fsp3) is 0.500. The Morgan fingerprint density at radius 3 is 3.00 bits per heavy atom. The van der Waals surface area contributed by atoms with Gasteiger partial charge >= 0.3 is 0 Å². The van der Waals surface area contributed by atoms with E-state index in [1.165, 1.54) is 0 Å². The lowest BCUT2D eigenvalue weighted by Gasteiger charge is -2.16.